The molecule has 0 spiro atoms. The summed E-state index contributed by atoms with van der Waals surface area (Å²) in [6.07, 6.45) is 11.8. The van der Waals surface area contributed by atoms with E-state index < -0.39 is 0 Å². The van der Waals surface area contributed by atoms with Gasteiger partial charge in [0.1, 0.15) is 0 Å². The average molecular weight is 1870 g/mol. The number of hydrogen-bond donors (Lipinski definition) is 0. The van der Waals surface area contributed by atoms with Crippen LogP contribution >= 0.6 is 11.3 Å². The lowest BCUT2D eigenvalue weighted by atomic mass is 9.81. The van der Waals surface area contributed by atoms with Gasteiger partial charge in [-0.05, 0) is 200 Å². The molecule has 682 valence electrons. The minimum atomic E-state index is -0.0563. The summed E-state index contributed by atoms with van der Waals surface area (Å²) in [4.78, 5) is 30.1. The van der Waals surface area contributed by atoms with Crippen LogP contribution < -0.4 is 0 Å². The van der Waals surface area contributed by atoms with Crippen molar-refractivity contribution in [2.45, 2.75) is 38.5 Å². The van der Waals surface area contributed by atoms with Crippen LogP contribution in [-0.4, -0.2) is 57.3 Å². The summed E-state index contributed by atoms with van der Waals surface area (Å²) in [5.41, 5.74) is 36.5. The number of nitrogens with zero attached hydrogens (tertiary/aromatic N) is 12. The van der Waals surface area contributed by atoms with Crippen LogP contribution in [0.5, 0.6) is 0 Å². The van der Waals surface area contributed by atoms with E-state index in [1.165, 1.54) is 157 Å². The summed E-state index contributed by atoms with van der Waals surface area (Å²) in [5.74, 6) is 1.98. The largest absolute Gasteiger partial charge is 0.309 e. The predicted octanol–water partition coefficient (Wildman–Crippen LogP) is 33.7. The van der Waals surface area contributed by atoms with E-state index in [0.29, 0.717) is 17.8 Å². The van der Waals surface area contributed by atoms with Gasteiger partial charge in [0, 0.05) is 172 Å². The Morgan fingerprint density at radius 3 is 0.821 bits per heavy atom. The van der Waals surface area contributed by atoms with Crippen LogP contribution in [0, 0.1) is 0 Å². The van der Waals surface area contributed by atoms with Crippen LogP contribution in [0.15, 0.2) is 462 Å². The van der Waals surface area contributed by atoms with Crippen molar-refractivity contribution in [2.24, 2.45) is 0 Å². The number of para-hydroxylation sites is 9. The van der Waals surface area contributed by atoms with E-state index in [4.69, 9.17) is 29.9 Å². The third-order valence-electron chi connectivity index (χ3n) is 30.7. The molecular formula is C132H88N12S. The summed E-state index contributed by atoms with van der Waals surface area (Å²) in [6.45, 7) is 9.30. The first-order chi connectivity index (χ1) is 71.4. The van der Waals surface area contributed by atoms with Crippen molar-refractivity contribution >= 4 is 162 Å². The number of fused-ring (bicyclic) bond motifs is 27. The molecule has 0 aliphatic heterocycles. The molecule has 0 bridgehead atoms. The molecule has 10 aromatic heterocycles. The molecule has 0 atom stereocenters. The molecule has 0 fully saturated rings. The van der Waals surface area contributed by atoms with E-state index in [1.54, 1.807) is 0 Å². The normalized spacial score (nSPS) is 12.9. The molecule has 0 saturated carbocycles. The first-order valence-corrected chi connectivity index (χ1v) is 50.3. The maximum absolute atomic E-state index is 5.04. The number of benzene rings is 19. The summed E-state index contributed by atoms with van der Waals surface area (Å²) in [6, 6.07) is 153. The Balaban J connectivity index is 0.000000104. The molecule has 145 heavy (non-hydrogen) atoms. The third kappa shape index (κ3) is 12.9. The Kier molecular flexibility index (Phi) is 18.7. The van der Waals surface area contributed by atoms with E-state index in [-0.39, 0.29) is 10.8 Å². The molecule has 0 radical (unpaired) electrons. The van der Waals surface area contributed by atoms with Crippen LogP contribution in [0.3, 0.4) is 0 Å². The highest BCUT2D eigenvalue weighted by molar-refractivity contribution is 7.26. The summed E-state index contributed by atoms with van der Waals surface area (Å²) in [5, 5.41) is 17.1. The van der Waals surface area contributed by atoms with Gasteiger partial charge in [0.15, 0.2) is 0 Å². The van der Waals surface area contributed by atoms with Gasteiger partial charge >= 0.3 is 0 Å². The quantitative estimate of drug-likeness (QED) is 0.135. The molecule has 0 unspecified atom stereocenters. The van der Waals surface area contributed by atoms with Crippen molar-refractivity contribution in [3.63, 3.8) is 0 Å². The van der Waals surface area contributed by atoms with Gasteiger partial charge < -0.3 is 13.7 Å². The van der Waals surface area contributed by atoms with Gasteiger partial charge in [-0.15, -0.1) is 11.3 Å². The molecule has 0 amide bonds. The Labute approximate surface area is 837 Å². The standard InChI is InChI=1S/C49H34N4.C43H30N4.C40H24N4S/c1-49(2)42-20-9-6-17-36(42)37-24-23-33(26-43(37)49)31-13-12-14-32(25-31)34-29-50-48(51-30-34)53-45-22-11-8-19-39(45)41-27-40-38-18-7-10-21-44(38)52(46(40)28-47(41)53)35-15-4-3-5-16-35;1-43(2)36-17-9-6-14-30(36)31-21-20-27(22-37(31)43)28-25-44-42(45-26-28)47-39-19-11-8-16-33(39)35-23-34-32-15-7-10-18-38(32)46(40(34)24-41(35)47)29-12-4-3-5-13-29;1-2-11-26(12-3-1)43-34-18-7-4-13-28(34)32-21-33-29-14-5-8-19-35(29)44(37(33)22-36(32)43)40-41-23-25(24-42-40)27-16-10-17-31-30-15-6-9-20-38(30)45-39(27)31/h3-30H,1-2H3;3-26H,1-2H3;1-24H. The monoisotopic (exact) mass is 1870 g/mol. The minimum absolute atomic E-state index is 0.0417. The van der Waals surface area contributed by atoms with Crippen LogP contribution in [0.4, 0.5) is 0 Å². The second-order valence-corrected chi connectivity index (χ2v) is 40.4. The fraction of sp³-hybridized carbons (Fsp3) is 0.0455. The van der Waals surface area contributed by atoms with Gasteiger partial charge in [0.25, 0.3) is 0 Å². The molecule has 2 aliphatic carbocycles. The number of aromatic nitrogens is 12. The molecular weight excluding hydrogens is 1790 g/mol. The molecule has 19 aromatic carbocycles. The maximum atomic E-state index is 5.04. The lowest BCUT2D eigenvalue weighted by molar-refractivity contribution is 0.660. The Hall–Kier alpha value is -18.6. The Morgan fingerprint density at radius 2 is 0.441 bits per heavy atom. The lowest BCUT2D eigenvalue weighted by Gasteiger charge is -2.22. The Morgan fingerprint density at radius 1 is 0.172 bits per heavy atom. The minimum Gasteiger partial charge on any atom is -0.309 e. The van der Waals surface area contributed by atoms with Crippen molar-refractivity contribution in [3.05, 3.63) is 484 Å². The van der Waals surface area contributed by atoms with Crippen molar-refractivity contribution in [1.29, 1.82) is 0 Å². The van der Waals surface area contributed by atoms with Gasteiger partial charge in [-0.1, -0.05) is 319 Å². The fourth-order valence-electron chi connectivity index (χ4n) is 23.9. The van der Waals surface area contributed by atoms with Crippen molar-refractivity contribution in [2.75, 3.05) is 0 Å². The molecule has 10 heterocycles. The fourth-order valence-corrected chi connectivity index (χ4v) is 25.1. The van der Waals surface area contributed by atoms with Crippen LogP contribution in [0.25, 0.3) is 253 Å². The zero-order chi connectivity index (χ0) is 96.0. The molecule has 12 nitrogen and oxygen atoms in total. The third-order valence-corrected chi connectivity index (χ3v) is 31.9. The predicted molar refractivity (Wildman–Crippen MR) is 602 cm³/mol. The summed E-state index contributed by atoms with van der Waals surface area (Å²) >= 11 is 1.83. The zero-order valence-corrected chi connectivity index (χ0v) is 80.5. The number of rotatable bonds is 10. The first kappa shape index (κ1) is 83.4. The number of hydrogen-bond acceptors (Lipinski definition) is 7. The van der Waals surface area contributed by atoms with E-state index in [2.05, 4.69) is 480 Å². The van der Waals surface area contributed by atoms with E-state index >= 15 is 0 Å². The first-order valence-electron chi connectivity index (χ1n) is 49.5. The number of thiophene rings is 1. The second-order valence-electron chi connectivity index (χ2n) is 39.3. The smallest absolute Gasteiger partial charge is 0.234 e. The molecule has 2 aliphatic rings. The van der Waals surface area contributed by atoms with Crippen LogP contribution in [0.1, 0.15) is 49.9 Å². The van der Waals surface area contributed by atoms with E-state index in [1.807, 2.05) is 48.5 Å². The maximum Gasteiger partial charge on any atom is 0.234 e. The van der Waals surface area contributed by atoms with Gasteiger partial charge in [0.2, 0.25) is 17.8 Å². The van der Waals surface area contributed by atoms with Crippen molar-refractivity contribution in [3.8, 4) is 102 Å². The second kappa shape index (κ2) is 32.5. The van der Waals surface area contributed by atoms with Gasteiger partial charge in [-0.25, -0.2) is 29.9 Å². The molecule has 0 saturated heterocycles. The molecule has 29 aromatic rings. The average Bonchev–Trinajstić information content (AvgIpc) is 1.43. The molecule has 31 rings (SSSR count). The van der Waals surface area contributed by atoms with Gasteiger partial charge in [0.05, 0.1) is 66.2 Å². The summed E-state index contributed by atoms with van der Waals surface area (Å²) < 4.78 is 16.3. The van der Waals surface area contributed by atoms with Gasteiger partial charge in [-0.2, -0.15) is 0 Å². The molecule has 13 heteroatoms. The van der Waals surface area contributed by atoms with Gasteiger partial charge in [-0.3, -0.25) is 13.7 Å². The lowest BCUT2D eigenvalue weighted by Crippen LogP contribution is -2.14. The van der Waals surface area contributed by atoms with E-state index in [9.17, 15) is 0 Å². The van der Waals surface area contributed by atoms with Crippen LogP contribution in [-0.2, 0) is 10.8 Å². The highest BCUT2D eigenvalue weighted by Gasteiger charge is 2.38. The van der Waals surface area contributed by atoms with Crippen molar-refractivity contribution < 1.29 is 0 Å². The SMILES string of the molecule is CC1(C)c2ccccc2-c2ccc(-c3cccc(-c4cnc(-n5c6ccccc6c6cc7c8ccccc8n(-c8ccccc8)c7cc65)nc4)c3)cc21.CC1(C)c2ccccc2-c2ccc(-c3cnc(-n4c5ccccc5c5cc6c7ccccc7n(-c7ccccc7)c6cc54)nc3)cc21.c1ccc(-n2c3ccccc3c3cc4c5ccccc5n(-c5ncc(-c6cccc7c6sc6ccccc67)cn5)c4cc32)cc1. The topological polar surface area (TPSA) is 107 Å². The highest BCUT2D eigenvalue weighted by Crippen LogP contribution is 2.53. The zero-order valence-electron chi connectivity index (χ0n) is 79.7. The van der Waals surface area contributed by atoms with E-state index in [0.717, 1.165) is 100 Å². The summed E-state index contributed by atoms with van der Waals surface area (Å²) in [7, 11) is 0. The highest BCUT2D eigenvalue weighted by atomic mass is 32.1. The molecule has 0 N–H and O–H groups in total. The van der Waals surface area contributed by atoms with Crippen molar-refractivity contribution in [1.82, 2.24) is 57.3 Å². The van der Waals surface area contributed by atoms with Crippen LogP contribution in [0.2, 0.25) is 0 Å². The Bertz CT molecular complexity index is 10400.